The summed E-state index contributed by atoms with van der Waals surface area (Å²) in [5.74, 6) is 1.73. The van der Waals surface area contributed by atoms with Crippen LogP contribution in [0.5, 0.6) is 11.5 Å². The molecule has 18 heavy (non-hydrogen) atoms. The first-order valence-electron chi connectivity index (χ1n) is 6.53. The van der Waals surface area contributed by atoms with E-state index in [2.05, 4.69) is 19.2 Å². The Morgan fingerprint density at radius 1 is 1.22 bits per heavy atom. The van der Waals surface area contributed by atoms with Crippen LogP contribution in [0.3, 0.4) is 0 Å². The maximum absolute atomic E-state index is 5.39. The summed E-state index contributed by atoms with van der Waals surface area (Å²) < 4.78 is 10.7. The molecule has 1 fully saturated rings. The van der Waals surface area contributed by atoms with Crippen molar-refractivity contribution in [2.24, 2.45) is 5.41 Å². The van der Waals surface area contributed by atoms with Gasteiger partial charge in [0.2, 0.25) is 0 Å². The molecule has 0 bridgehead atoms. The Balaban J connectivity index is 2.12. The molecule has 1 aliphatic rings. The quantitative estimate of drug-likeness (QED) is 0.882. The van der Waals surface area contributed by atoms with Crippen LogP contribution in [-0.2, 0) is 0 Å². The van der Waals surface area contributed by atoms with E-state index in [0.717, 1.165) is 17.2 Å². The Morgan fingerprint density at radius 3 is 2.56 bits per heavy atom. The minimum atomic E-state index is 0.448. The van der Waals surface area contributed by atoms with Gasteiger partial charge in [0.25, 0.3) is 0 Å². The highest BCUT2D eigenvalue weighted by atomic mass is 16.5. The molecule has 1 aromatic rings. The molecule has 1 aliphatic carbocycles. The minimum absolute atomic E-state index is 0.448. The molecule has 1 unspecified atom stereocenters. The molecule has 1 aromatic carbocycles. The normalized spacial score (nSPS) is 21.7. The molecular formula is C15H23NO2. The summed E-state index contributed by atoms with van der Waals surface area (Å²) in [5, 5.41) is 3.59. The maximum Gasteiger partial charge on any atom is 0.142 e. The summed E-state index contributed by atoms with van der Waals surface area (Å²) in [7, 11) is 3.38. The van der Waals surface area contributed by atoms with Gasteiger partial charge in [0.05, 0.1) is 19.9 Å². The van der Waals surface area contributed by atoms with Gasteiger partial charge in [-0.25, -0.2) is 0 Å². The summed E-state index contributed by atoms with van der Waals surface area (Å²) in [6.45, 7) is 4.66. The van der Waals surface area contributed by atoms with Gasteiger partial charge in [0.15, 0.2) is 0 Å². The van der Waals surface area contributed by atoms with E-state index in [1.807, 2.05) is 18.2 Å². The lowest BCUT2D eigenvalue weighted by Crippen LogP contribution is -2.18. The molecule has 0 radical (unpaired) electrons. The molecule has 0 saturated heterocycles. The summed E-state index contributed by atoms with van der Waals surface area (Å²) in [4.78, 5) is 0. The van der Waals surface area contributed by atoms with Crippen LogP contribution in [0.15, 0.2) is 18.2 Å². The second kappa shape index (κ2) is 5.09. The van der Waals surface area contributed by atoms with Crippen molar-refractivity contribution in [1.29, 1.82) is 0 Å². The van der Waals surface area contributed by atoms with Crippen molar-refractivity contribution >= 4 is 5.69 Å². The van der Waals surface area contributed by atoms with E-state index >= 15 is 0 Å². The Kier molecular flexibility index (Phi) is 3.69. The molecule has 1 N–H and O–H groups in total. The van der Waals surface area contributed by atoms with Crippen LogP contribution in [0.25, 0.3) is 0 Å². The first-order valence-corrected chi connectivity index (χ1v) is 6.53. The van der Waals surface area contributed by atoms with Crippen molar-refractivity contribution in [2.75, 3.05) is 19.5 Å². The number of nitrogens with one attached hydrogen (secondary N) is 1. The fourth-order valence-electron chi connectivity index (χ4n) is 2.71. The average molecular weight is 249 g/mol. The largest absolute Gasteiger partial charge is 0.497 e. The summed E-state index contributed by atoms with van der Waals surface area (Å²) in [5.41, 5.74) is 1.48. The highest BCUT2D eigenvalue weighted by molar-refractivity contribution is 5.60. The standard InChI is InChI=1S/C15H23NO2/c1-15(2)8-7-11(10-15)16-13-9-12(17-3)5-6-14(13)18-4/h5-6,9,11,16H,7-8,10H2,1-4H3. The first-order chi connectivity index (χ1) is 8.54. The van der Waals surface area contributed by atoms with Crippen LogP contribution >= 0.6 is 0 Å². The maximum atomic E-state index is 5.39. The highest BCUT2D eigenvalue weighted by Gasteiger charge is 2.31. The Labute approximate surface area is 109 Å². The lowest BCUT2D eigenvalue weighted by atomic mass is 9.92. The van der Waals surface area contributed by atoms with Crippen molar-refractivity contribution in [3.05, 3.63) is 18.2 Å². The molecule has 1 saturated carbocycles. The number of anilines is 1. The van der Waals surface area contributed by atoms with Crippen LogP contribution in [0.1, 0.15) is 33.1 Å². The third-order valence-electron chi connectivity index (χ3n) is 3.73. The van der Waals surface area contributed by atoms with Crippen LogP contribution in [0.4, 0.5) is 5.69 Å². The molecule has 0 aliphatic heterocycles. The van der Waals surface area contributed by atoms with Gasteiger partial charge in [0.1, 0.15) is 11.5 Å². The molecular weight excluding hydrogens is 226 g/mol. The van der Waals surface area contributed by atoms with Gasteiger partial charge >= 0.3 is 0 Å². The molecule has 3 nitrogen and oxygen atoms in total. The van der Waals surface area contributed by atoms with E-state index < -0.39 is 0 Å². The second-order valence-corrected chi connectivity index (χ2v) is 5.81. The average Bonchev–Trinajstić information content (AvgIpc) is 2.68. The number of hydrogen-bond donors (Lipinski definition) is 1. The van der Waals surface area contributed by atoms with Crippen LogP contribution in [-0.4, -0.2) is 20.3 Å². The van der Waals surface area contributed by atoms with Gasteiger partial charge in [-0.15, -0.1) is 0 Å². The predicted molar refractivity (Wildman–Crippen MR) is 74.6 cm³/mol. The third kappa shape index (κ3) is 2.89. The zero-order valence-corrected chi connectivity index (χ0v) is 11.7. The van der Waals surface area contributed by atoms with E-state index in [9.17, 15) is 0 Å². The van der Waals surface area contributed by atoms with Crippen LogP contribution < -0.4 is 14.8 Å². The SMILES string of the molecule is COc1ccc(OC)c(NC2CCC(C)(C)C2)c1. The number of rotatable bonds is 4. The van der Waals surface area contributed by atoms with E-state index in [1.165, 1.54) is 19.3 Å². The summed E-state index contributed by atoms with van der Waals surface area (Å²) in [6.07, 6.45) is 3.69. The molecule has 100 valence electrons. The Hall–Kier alpha value is -1.38. The van der Waals surface area contributed by atoms with Gasteiger partial charge in [-0.05, 0) is 36.8 Å². The van der Waals surface area contributed by atoms with Crippen molar-refractivity contribution < 1.29 is 9.47 Å². The second-order valence-electron chi connectivity index (χ2n) is 5.81. The Bertz CT molecular complexity index is 415. The van der Waals surface area contributed by atoms with Gasteiger partial charge in [0, 0.05) is 12.1 Å². The number of hydrogen-bond acceptors (Lipinski definition) is 3. The van der Waals surface area contributed by atoms with Gasteiger partial charge in [-0.2, -0.15) is 0 Å². The zero-order chi connectivity index (χ0) is 13.2. The Morgan fingerprint density at radius 2 is 2.00 bits per heavy atom. The summed E-state index contributed by atoms with van der Waals surface area (Å²) in [6, 6.07) is 6.40. The molecule has 1 atom stereocenters. The fourth-order valence-corrected chi connectivity index (χ4v) is 2.71. The molecule has 0 amide bonds. The molecule has 0 heterocycles. The number of benzene rings is 1. The molecule has 3 heteroatoms. The smallest absolute Gasteiger partial charge is 0.142 e. The minimum Gasteiger partial charge on any atom is -0.497 e. The van der Waals surface area contributed by atoms with Crippen molar-refractivity contribution in [3.8, 4) is 11.5 Å². The zero-order valence-electron chi connectivity index (χ0n) is 11.7. The predicted octanol–water partition coefficient (Wildman–Crippen LogP) is 3.69. The monoisotopic (exact) mass is 249 g/mol. The topological polar surface area (TPSA) is 30.5 Å². The van der Waals surface area contributed by atoms with Crippen molar-refractivity contribution in [2.45, 2.75) is 39.2 Å². The fraction of sp³-hybridized carbons (Fsp3) is 0.600. The van der Waals surface area contributed by atoms with Crippen molar-refractivity contribution in [3.63, 3.8) is 0 Å². The highest BCUT2D eigenvalue weighted by Crippen LogP contribution is 2.40. The number of ether oxygens (including phenoxy) is 2. The van der Waals surface area contributed by atoms with Gasteiger partial charge < -0.3 is 14.8 Å². The van der Waals surface area contributed by atoms with Gasteiger partial charge in [-0.1, -0.05) is 13.8 Å². The van der Waals surface area contributed by atoms with E-state index in [0.29, 0.717) is 11.5 Å². The lowest BCUT2D eigenvalue weighted by Gasteiger charge is -2.20. The summed E-state index contributed by atoms with van der Waals surface area (Å²) >= 11 is 0. The van der Waals surface area contributed by atoms with E-state index in [1.54, 1.807) is 14.2 Å². The van der Waals surface area contributed by atoms with Crippen LogP contribution in [0, 0.1) is 5.41 Å². The molecule has 2 rings (SSSR count). The van der Waals surface area contributed by atoms with Crippen molar-refractivity contribution in [1.82, 2.24) is 0 Å². The number of methoxy groups -OCH3 is 2. The molecule has 0 spiro atoms. The van der Waals surface area contributed by atoms with Gasteiger partial charge in [-0.3, -0.25) is 0 Å². The molecule has 0 aromatic heterocycles. The van der Waals surface area contributed by atoms with Crippen LogP contribution in [0.2, 0.25) is 0 Å². The van der Waals surface area contributed by atoms with E-state index in [-0.39, 0.29) is 0 Å². The van der Waals surface area contributed by atoms with E-state index in [4.69, 9.17) is 9.47 Å². The first kappa shape index (κ1) is 13.1. The third-order valence-corrected chi connectivity index (χ3v) is 3.73. The lowest BCUT2D eigenvalue weighted by molar-refractivity contribution is 0.378.